The molecule has 0 spiro atoms. The van der Waals surface area contributed by atoms with E-state index in [0.29, 0.717) is 5.92 Å². The third kappa shape index (κ3) is 3.96. The first-order chi connectivity index (χ1) is 5.61. The molecule has 12 heavy (non-hydrogen) atoms. The van der Waals surface area contributed by atoms with Crippen molar-refractivity contribution in [3.8, 4) is 0 Å². The van der Waals surface area contributed by atoms with Gasteiger partial charge < -0.3 is 5.32 Å². The topological polar surface area (TPSA) is 29.1 Å². The van der Waals surface area contributed by atoms with Crippen molar-refractivity contribution in [1.29, 1.82) is 0 Å². The maximum absolute atomic E-state index is 10.3. The predicted molar refractivity (Wildman–Crippen MR) is 51.8 cm³/mol. The van der Waals surface area contributed by atoms with Gasteiger partial charge in [-0.05, 0) is 30.6 Å². The van der Waals surface area contributed by atoms with E-state index in [2.05, 4.69) is 19.2 Å². The lowest BCUT2D eigenvalue weighted by molar-refractivity contribution is -0.104. The van der Waals surface area contributed by atoms with Crippen LogP contribution in [0.15, 0.2) is 23.4 Å². The SMILES string of the molecule is CN/C(C)=C\C(=C/C=O)C(C)C. The number of allylic oxidation sites excluding steroid dienone is 4. The smallest absolute Gasteiger partial charge is 0.143 e. The van der Waals surface area contributed by atoms with Crippen LogP contribution in [0.5, 0.6) is 0 Å². The summed E-state index contributed by atoms with van der Waals surface area (Å²) in [5.41, 5.74) is 2.12. The van der Waals surface area contributed by atoms with Gasteiger partial charge in [-0.1, -0.05) is 13.8 Å². The van der Waals surface area contributed by atoms with Crippen LogP contribution in [0.4, 0.5) is 0 Å². The maximum atomic E-state index is 10.3. The summed E-state index contributed by atoms with van der Waals surface area (Å²) in [5.74, 6) is 0.387. The van der Waals surface area contributed by atoms with Crippen LogP contribution >= 0.6 is 0 Å². The molecule has 0 bridgehead atoms. The first-order valence-corrected chi connectivity index (χ1v) is 4.13. The molecule has 0 unspecified atom stereocenters. The molecule has 0 saturated carbocycles. The number of carbonyl (C=O) groups excluding carboxylic acids is 1. The van der Waals surface area contributed by atoms with E-state index in [1.165, 1.54) is 0 Å². The third-order valence-electron chi connectivity index (χ3n) is 1.70. The molecule has 0 aromatic rings. The summed E-state index contributed by atoms with van der Waals surface area (Å²) in [6, 6.07) is 0. The molecule has 0 heterocycles. The van der Waals surface area contributed by atoms with E-state index < -0.39 is 0 Å². The maximum Gasteiger partial charge on any atom is 0.143 e. The Morgan fingerprint density at radius 1 is 1.42 bits per heavy atom. The van der Waals surface area contributed by atoms with Crippen LogP contribution in [-0.4, -0.2) is 13.3 Å². The van der Waals surface area contributed by atoms with Gasteiger partial charge in [0.15, 0.2) is 0 Å². The predicted octanol–water partition coefficient (Wildman–Crippen LogP) is 1.89. The highest BCUT2D eigenvalue weighted by Gasteiger charge is 1.98. The monoisotopic (exact) mass is 167 g/mol. The Bertz CT molecular complexity index is 202. The average Bonchev–Trinajstić information content (AvgIpc) is 2.03. The average molecular weight is 167 g/mol. The van der Waals surface area contributed by atoms with E-state index in [0.717, 1.165) is 17.6 Å². The van der Waals surface area contributed by atoms with Crippen molar-refractivity contribution in [3.63, 3.8) is 0 Å². The van der Waals surface area contributed by atoms with E-state index in [9.17, 15) is 4.79 Å². The molecule has 0 rings (SSSR count). The van der Waals surface area contributed by atoms with Crippen molar-refractivity contribution >= 4 is 6.29 Å². The molecule has 0 fully saturated rings. The Labute approximate surface area is 74.4 Å². The van der Waals surface area contributed by atoms with Gasteiger partial charge in [0.1, 0.15) is 6.29 Å². The van der Waals surface area contributed by atoms with Gasteiger partial charge in [0.05, 0.1) is 0 Å². The largest absolute Gasteiger partial charge is 0.392 e. The van der Waals surface area contributed by atoms with Crippen LogP contribution < -0.4 is 5.32 Å². The van der Waals surface area contributed by atoms with Gasteiger partial charge in [-0.15, -0.1) is 0 Å². The zero-order valence-electron chi connectivity index (χ0n) is 8.22. The van der Waals surface area contributed by atoms with E-state index in [4.69, 9.17) is 0 Å². The van der Waals surface area contributed by atoms with Crippen molar-refractivity contribution in [3.05, 3.63) is 23.4 Å². The molecule has 2 heteroatoms. The summed E-state index contributed by atoms with van der Waals surface area (Å²) in [6.07, 6.45) is 4.42. The molecular weight excluding hydrogens is 150 g/mol. The lowest BCUT2D eigenvalue weighted by Gasteiger charge is -2.06. The Balaban J connectivity index is 4.54. The minimum absolute atomic E-state index is 0.387. The standard InChI is InChI=1S/C10H17NO/c1-8(2)10(5-6-12)7-9(3)11-4/h5-8,11H,1-4H3/b9-7-,10-5+. The Morgan fingerprint density at radius 2 is 2.00 bits per heavy atom. The highest BCUT2D eigenvalue weighted by atomic mass is 16.1. The van der Waals surface area contributed by atoms with E-state index in [1.54, 1.807) is 6.08 Å². The molecule has 0 amide bonds. The van der Waals surface area contributed by atoms with Gasteiger partial charge in [0.2, 0.25) is 0 Å². The number of rotatable bonds is 4. The zero-order valence-corrected chi connectivity index (χ0v) is 8.22. The minimum Gasteiger partial charge on any atom is -0.392 e. The zero-order chi connectivity index (χ0) is 9.56. The van der Waals surface area contributed by atoms with Crippen LogP contribution in [0, 0.1) is 5.92 Å². The molecule has 2 nitrogen and oxygen atoms in total. The third-order valence-corrected chi connectivity index (χ3v) is 1.70. The van der Waals surface area contributed by atoms with Gasteiger partial charge in [-0.2, -0.15) is 0 Å². The normalized spacial score (nSPS) is 13.4. The second-order valence-corrected chi connectivity index (χ2v) is 3.03. The Morgan fingerprint density at radius 3 is 2.33 bits per heavy atom. The van der Waals surface area contributed by atoms with Crippen LogP contribution in [0.1, 0.15) is 20.8 Å². The lowest BCUT2D eigenvalue weighted by Crippen LogP contribution is -2.03. The summed E-state index contributed by atoms with van der Waals surface area (Å²) in [7, 11) is 1.87. The quantitative estimate of drug-likeness (QED) is 0.393. The van der Waals surface area contributed by atoms with Crippen LogP contribution in [0.3, 0.4) is 0 Å². The van der Waals surface area contributed by atoms with Crippen molar-refractivity contribution in [1.82, 2.24) is 5.32 Å². The van der Waals surface area contributed by atoms with Crippen molar-refractivity contribution in [2.24, 2.45) is 5.92 Å². The highest BCUT2D eigenvalue weighted by Crippen LogP contribution is 2.11. The van der Waals surface area contributed by atoms with E-state index >= 15 is 0 Å². The number of carbonyl (C=O) groups is 1. The second-order valence-electron chi connectivity index (χ2n) is 3.03. The summed E-state index contributed by atoms with van der Waals surface area (Å²) < 4.78 is 0. The molecule has 0 aliphatic carbocycles. The molecule has 0 aromatic carbocycles. The van der Waals surface area contributed by atoms with Crippen LogP contribution in [0.2, 0.25) is 0 Å². The molecule has 1 N–H and O–H groups in total. The molecule has 0 aliphatic heterocycles. The van der Waals surface area contributed by atoms with E-state index in [1.807, 2.05) is 20.0 Å². The summed E-state index contributed by atoms with van der Waals surface area (Å²) >= 11 is 0. The molecule has 0 atom stereocenters. The summed E-state index contributed by atoms with van der Waals surface area (Å²) in [6.45, 7) is 6.10. The molecule has 0 saturated heterocycles. The van der Waals surface area contributed by atoms with Gasteiger partial charge in [-0.3, -0.25) is 4.79 Å². The van der Waals surface area contributed by atoms with Crippen LogP contribution in [0.25, 0.3) is 0 Å². The fourth-order valence-electron chi connectivity index (χ4n) is 0.808. The summed E-state index contributed by atoms with van der Waals surface area (Å²) in [4.78, 5) is 10.3. The van der Waals surface area contributed by atoms with Crippen molar-refractivity contribution in [2.75, 3.05) is 7.05 Å². The summed E-state index contributed by atoms with van der Waals surface area (Å²) in [5, 5.41) is 3.01. The first-order valence-electron chi connectivity index (χ1n) is 4.13. The molecular formula is C10H17NO. The van der Waals surface area contributed by atoms with Crippen molar-refractivity contribution in [2.45, 2.75) is 20.8 Å². The fraction of sp³-hybridized carbons (Fsp3) is 0.500. The molecule has 0 radical (unpaired) electrons. The Hall–Kier alpha value is -1.05. The lowest BCUT2D eigenvalue weighted by atomic mass is 10.0. The number of hydrogen-bond acceptors (Lipinski definition) is 2. The first kappa shape index (κ1) is 11.0. The van der Waals surface area contributed by atoms with E-state index in [-0.39, 0.29) is 0 Å². The second kappa shape index (κ2) is 5.58. The highest BCUT2D eigenvalue weighted by molar-refractivity contribution is 5.67. The van der Waals surface area contributed by atoms with Crippen molar-refractivity contribution < 1.29 is 4.79 Å². The van der Waals surface area contributed by atoms with Gasteiger partial charge in [-0.25, -0.2) is 0 Å². The number of nitrogens with one attached hydrogen (secondary N) is 1. The van der Waals surface area contributed by atoms with Gasteiger partial charge >= 0.3 is 0 Å². The number of aldehydes is 1. The number of hydrogen-bond donors (Lipinski definition) is 1. The fourth-order valence-corrected chi connectivity index (χ4v) is 0.808. The Kier molecular flexibility index (Phi) is 5.09. The molecule has 68 valence electrons. The van der Waals surface area contributed by atoms with Crippen LogP contribution in [-0.2, 0) is 4.79 Å². The minimum atomic E-state index is 0.387. The molecule has 0 aromatic heterocycles. The van der Waals surface area contributed by atoms with Gasteiger partial charge in [0, 0.05) is 12.7 Å². The van der Waals surface area contributed by atoms with Gasteiger partial charge in [0.25, 0.3) is 0 Å². The molecule has 0 aliphatic rings.